The molecule has 249 valence electrons. The molecule has 0 saturated heterocycles. The number of nitrogens with one attached hydrogen (secondary N) is 1. The van der Waals surface area contributed by atoms with Crippen molar-refractivity contribution in [3.05, 3.63) is 94.7 Å². The minimum atomic E-state index is -0.120. The number of hydrogen-bond donors (Lipinski definition) is 0. The molecule has 3 aromatic carbocycles. The van der Waals surface area contributed by atoms with Crippen LogP contribution in [0, 0.1) is 6.07 Å². The first-order valence-electron chi connectivity index (χ1n) is 17.5. The standard InChI is InChI=1S/C33H49P.C8H9N.ClH.Pd/c1-23(2)26-21-30(24(3)4)33(31(22-26)25(5)6)29-19-13-14-20-32(29)34(27-15-9-7-10-16-27)28-17-11-8-12-18-28;9-7-6-8-4-2-1-3-5-8;;/h13-14,19-25,27-28H,7-12,15-18H2,1-6H3;1-4,9H,6-7H2;1H;/q;-1;;+2/p-1. The SMILES string of the molecule is CC(C)c1cc(C(C)C)c(-c2ccccc2P(C2CCCCC2)C2CCCCC2)c(C(C)C)c1.[Cl-].[NH-]CCc1[c]cccc1.[Pd+2]. The fraction of sp³-hybridized carbons (Fsp3) is 0.561. The zero-order valence-corrected chi connectivity index (χ0v) is 32.0. The van der Waals surface area contributed by atoms with Crippen molar-refractivity contribution in [3.8, 4) is 11.1 Å². The molecule has 0 heterocycles. The van der Waals surface area contributed by atoms with E-state index in [4.69, 9.17) is 5.73 Å². The van der Waals surface area contributed by atoms with Gasteiger partial charge in [-0.2, -0.15) is 0 Å². The summed E-state index contributed by atoms with van der Waals surface area (Å²) in [6.45, 7) is 14.8. The molecular weight excluding hydrogens is 679 g/mol. The van der Waals surface area contributed by atoms with Gasteiger partial charge in [0.25, 0.3) is 0 Å². The molecule has 1 radical (unpaired) electrons. The summed E-state index contributed by atoms with van der Waals surface area (Å²) in [5.74, 6) is 1.64. The maximum Gasteiger partial charge on any atom is 2.00 e. The van der Waals surface area contributed by atoms with Gasteiger partial charge in [0.15, 0.2) is 0 Å². The molecule has 2 fully saturated rings. The van der Waals surface area contributed by atoms with E-state index in [0.717, 1.165) is 23.3 Å². The minimum absolute atomic E-state index is 0. The molecule has 4 heteroatoms. The summed E-state index contributed by atoms with van der Waals surface area (Å²) >= 11 is 0. The minimum Gasteiger partial charge on any atom is -1.00 e. The Bertz CT molecular complexity index is 1200. The van der Waals surface area contributed by atoms with E-state index in [1.807, 2.05) is 24.3 Å². The first kappa shape index (κ1) is 40.2. The molecule has 0 aromatic heterocycles. The zero-order valence-electron chi connectivity index (χ0n) is 28.8. The Labute approximate surface area is 298 Å². The molecule has 2 saturated carbocycles. The molecule has 2 aliphatic rings. The van der Waals surface area contributed by atoms with Crippen molar-refractivity contribution >= 4 is 13.2 Å². The number of hydrogen-bond acceptors (Lipinski definition) is 0. The van der Waals surface area contributed by atoms with E-state index < -0.39 is 0 Å². The molecule has 1 N–H and O–H groups in total. The van der Waals surface area contributed by atoms with Gasteiger partial charge in [0, 0.05) is 0 Å². The van der Waals surface area contributed by atoms with Crippen molar-refractivity contribution in [1.29, 1.82) is 0 Å². The first-order valence-corrected chi connectivity index (χ1v) is 18.9. The Balaban J connectivity index is 0.000000554. The van der Waals surface area contributed by atoms with Gasteiger partial charge < -0.3 is 18.1 Å². The van der Waals surface area contributed by atoms with Crippen LogP contribution in [0.5, 0.6) is 0 Å². The van der Waals surface area contributed by atoms with Crippen LogP contribution < -0.4 is 17.7 Å². The van der Waals surface area contributed by atoms with Crippen LogP contribution in [0.1, 0.15) is 146 Å². The second-order valence-corrected chi connectivity index (χ2v) is 16.7. The summed E-state index contributed by atoms with van der Waals surface area (Å²) in [6, 6.07) is 25.7. The van der Waals surface area contributed by atoms with Crippen LogP contribution in [0.3, 0.4) is 0 Å². The first-order chi connectivity index (χ1) is 20.8. The molecule has 2 aliphatic carbocycles. The van der Waals surface area contributed by atoms with E-state index in [-0.39, 0.29) is 40.8 Å². The van der Waals surface area contributed by atoms with Gasteiger partial charge in [-0.3, -0.25) is 0 Å². The van der Waals surface area contributed by atoms with Crippen molar-refractivity contribution in [2.24, 2.45) is 0 Å². The largest absolute Gasteiger partial charge is 2.00 e. The van der Waals surface area contributed by atoms with Crippen LogP contribution in [-0.2, 0) is 26.8 Å². The topological polar surface area (TPSA) is 23.8 Å². The summed E-state index contributed by atoms with van der Waals surface area (Å²) in [7, 11) is -0.120. The summed E-state index contributed by atoms with van der Waals surface area (Å²) in [6.07, 6.45) is 15.4. The van der Waals surface area contributed by atoms with Crippen molar-refractivity contribution in [2.45, 2.75) is 141 Å². The van der Waals surface area contributed by atoms with Gasteiger partial charge in [-0.25, -0.2) is 0 Å². The van der Waals surface area contributed by atoms with Crippen LogP contribution in [-0.4, -0.2) is 17.9 Å². The third kappa shape index (κ3) is 11.0. The fourth-order valence-corrected chi connectivity index (χ4v) is 11.3. The van der Waals surface area contributed by atoms with Gasteiger partial charge in [0.2, 0.25) is 0 Å². The van der Waals surface area contributed by atoms with Gasteiger partial charge >= 0.3 is 20.4 Å². The van der Waals surface area contributed by atoms with Crippen LogP contribution >= 0.6 is 7.92 Å². The van der Waals surface area contributed by atoms with E-state index in [9.17, 15) is 0 Å². The van der Waals surface area contributed by atoms with Gasteiger partial charge in [0.05, 0.1) is 0 Å². The Morgan fingerprint density at radius 1 is 0.711 bits per heavy atom. The van der Waals surface area contributed by atoms with Crippen LogP contribution in [0.2, 0.25) is 0 Å². The van der Waals surface area contributed by atoms with Gasteiger partial charge in [-0.1, -0.05) is 149 Å². The Morgan fingerprint density at radius 3 is 1.67 bits per heavy atom. The predicted molar refractivity (Wildman–Crippen MR) is 193 cm³/mol. The van der Waals surface area contributed by atoms with Crippen molar-refractivity contribution in [3.63, 3.8) is 0 Å². The second kappa shape index (κ2) is 20.4. The fourth-order valence-electron chi connectivity index (χ4n) is 7.31. The van der Waals surface area contributed by atoms with Crippen LogP contribution in [0.15, 0.2) is 60.7 Å². The summed E-state index contributed by atoms with van der Waals surface area (Å²) in [5, 5.41) is 1.75. The Morgan fingerprint density at radius 2 is 1.22 bits per heavy atom. The normalized spacial score (nSPS) is 15.9. The summed E-state index contributed by atoms with van der Waals surface area (Å²) in [4.78, 5) is 0. The third-order valence-electron chi connectivity index (χ3n) is 9.69. The summed E-state index contributed by atoms with van der Waals surface area (Å²) in [5.41, 5.74) is 17.8. The molecule has 0 bridgehead atoms. The van der Waals surface area contributed by atoms with Crippen molar-refractivity contribution in [2.75, 3.05) is 6.54 Å². The molecule has 5 rings (SSSR count). The van der Waals surface area contributed by atoms with Crippen molar-refractivity contribution < 1.29 is 32.8 Å². The zero-order chi connectivity index (χ0) is 30.8. The smallest absolute Gasteiger partial charge is 1.00 e. The van der Waals surface area contributed by atoms with E-state index in [2.05, 4.69) is 84.0 Å². The second-order valence-electron chi connectivity index (χ2n) is 13.9. The monoisotopic (exact) mass is 736 g/mol. The summed E-state index contributed by atoms with van der Waals surface area (Å²) < 4.78 is 0. The average molecular weight is 738 g/mol. The Hall–Kier alpha value is -0.998. The molecule has 3 aromatic rings. The molecular formula is C41H58ClNPPd. The van der Waals surface area contributed by atoms with Gasteiger partial charge in [0.1, 0.15) is 0 Å². The number of benzene rings is 3. The van der Waals surface area contributed by atoms with E-state index >= 15 is 0 Å². The molecule has 45 heavy (non-hydrogen) atoms. The van der Waals surface area contributed by atoms with Gasteiger partial charge in [-0.15, -0.1) is 6.54 Å². The van der Waals surface area contributed by atoms with Gasteiger partial charge in [-0.05, 0) is 106 Å². The number of halogens is 1. The van der Waals surface area contributed by atoms with Crippen molar-refractivity contribution in [1.82, 2.24) is 0 Å². The molecule has 0 amide bonds. The maximum absolute atomic E-state index is 6.92. The molecule has 0 unspecified atom stereocenters. The quantitative estimate of drug-likeness (QED) is 0.154. The average Bonchev–Trinajstić information content (AvgIpc) is 3.03. The molecule has 0 atom stereocenters. The van der Waals surface area contributed by atoms with Crippen LogP contribution in [0.4, 0.5) is 0 Å². The van der Waals surface area contributed by atoms with E-state index in [0.29, 0.717) is 24.3 Å². The third-order valence-corrected chi connectivity index (χ3v) is 13.2. The molecule has 0 spiro atoms. The number of rotatable bonds is 9. The Kier molecular flexibility index (Phi) is 18.2. The predicted octanol–water partition coefficient (Wildman–Crippen LogP) is 9.58. The molecule has 1 nitrogen and oxygen atoms in total. The van der Waals surface area contributed by atoms with E-state index in [1.54, 1.807) is 27.6 Å². The molecule has 0 aliphatic heterocycles. The van der Waals surface area contributed by atoms with E-state index in [1.165, 1.54) is 69.8 Å². The van der Waals surface area contributed by atoms with Crippen LogP contribution in [0.25, 0.3) is 16.9 Å². The maximum atomic E-state index is 6.92.